The summed E-state index contributed by atoms with van der Waals surface area (Å²) in [7, 11) is 0. The number of ether oxygens (including phenoxy) is 1. The van der Waals surface area contributed by atoms with Crippen molar-refractivity contribution in [3.8, 4) is 0 Å². The van der Waals surface area contributed by atoms with E-state index in [2.05, 4.69) is 29.9 Å². The summed E-state index contributed by atoms with van der Waals surface area (Å²) < 4.78 is 5.77. The van der Waals surface area contributed by atoms with E-state index in [0.717, 1.165) is 37.7 Å². The minimum Gasteiger partial charge on any atom is -0.463 e. The third-order valence-corrected chi connectivity index (χ3v) is 5.38. The molecule has 5 nitrogen and oxygen atoms in total. The van der Waals surface area contributed by atoms with Gasteiger partial charge in [0.25, 0.3) is 5.91 Å². The lowest BCUT2D eigenvalue weighted by Gasteiger charge is -2.19. The molecule has 0 fully saturated rings. The molecule has 34 heavy (non-hydrogen) atoms. The van der Waals surface area contributed by atoms with Gasteiger partial charge in [0.05, 0.1) is 17.9 Å². The minimum absolute atomic E-state index is 0.00136. The molecule has 0 radical (unpaired) electrons. The standard InChI is InChI=1S/C29H43N3O2/c1-8-13-17-22-18-19-25(23(22)14-9-2)31-29(33)24(15-10-3)28(30)32-27(21(6)7)26(16-11-4)34-20-12-5/h8,12-13,15-17,20,25H,1,9-11,14,18-19H2,2-7H3,(H2,30,32)(H,31,33)/b17-13-,20-12-,24-15-,26-16+. The maximum Gasteiger partial charge on any atom is 0.255 e. The maximum atomic E-state index is 13.3. The lowest BCUT2D eigenvalue weighted by Crippen LogP contribution is -2.39. The SMILES string of the molecule is C=C/C=C\C1=C(CCC)C(NC(=O)/C(=C\CC)C(N)=NC(=C(C)C)/C(=C\CC)O/C=C\C)CC1. The topological polar surface area (TPSA) is 76.7 Å². The number of amidine groups is 1. The molecule has 5 heteroatoms. The Kier molecular flexibility index (Phi) is 13.4. The van der Waals surface area contributed by atoms with E-state index in [1.807, 2.05) is 58.9 Å². The highest BCUT2D eigenvalue weighted by Gasteiger charge is 2.27. The summed E-state index contributed by atoms with van der Waals surface area (Å²) in [6, 6.07) is 0.00136. The summed E-state index contributed by atoms with van der Waals surface area (Å²) in [6.07, 6.45) is 18.3. The highest BCUT2D eigenvalue weighted by Crippen LogP contribution is 2.31. The number of carbonyl (C=O) groups is 1. The Labute approximate surface area is 206 Å². The van der Waals surface area contributed by atoms with Crippen LogP contribution in [0, 0.1) is 0 Å². The third-order valence-electron chi connectivity index (χ3n) is 5.38. The largest absolute Gasteiger partial charge is 0.463 e. The fourth-order valence-corrected chi connectivity index (χ4v) is 3.87. The first-order valence-electron chi connectivity index (χ1n) is 12.4. The zero-order valence-electron chi connectivity index (χ0n) is 21.9. The molecule has 1 unspecified atom stereocenters. The van der Waals surface area contributed by atoms with Crippen LogP contribution in [0.15, 0.2) is 88.0 Å². The van der Waals surface area contributed by atoms with Gasteiger partial charge in [-0.2, -0.15) is 0 Å². The van der Waals surface area contributed by atoms with Crippen LogP contribution in [0.2, 0.25) is 0 Å². The van der Waals surface area contributed by atoms with Crippen LogP contribution in [0.1, 0.15) is 80.1 Å². The van der Waals surface area contributed by atoms with E-state index in [0.29, 0.717) is 23.5 Å². The van der Waals surface area contributed by atoms with Crippen molar-refractivity contribution in [3.05, 3.63) is 83.0 Å². The van der Waals surface area contributed by atoms with E-state index in [9.17, 15) is 4.79 Å². The molecule has 0 spiro atoms. The van der Waals surface area contributed by atoms with Gasteiger partial charge in [-0.25, -0.2) is 4.99 Å². The molecule has 1 atom stereocenters. The average Bonchev–Trinajstić information content (AvgIpc) is 3.18. The van der Waals surface area contributed by atoms with Gasteiger partial charge in [-0.1, -0.05) is 64.2 Å². The fraction of sp³-hybridized carbons (Fsp3) is 0.448. The molecule has 0 aromatic heterocycles. The van der Waals surface area contributed by atoms with Gasteiger partial charge in [0.1, 0.15) is 17.3 Å². The molecular formula is C29H43N3O2. The summed E-state index contributed by atoms with van der Waals surface area (Å²) in [6.45, 7) is 15.7. The minimum atomic E-state index is -0.195. The van der Waals surface area contributed by atoms with Crippen molar-refractivity contribution in [2.45, 2.75) is 86.1 Å². The Bertz CT molecular complexity index is 923. The number of amides is 1. The number of nitrogens with zero attached hydrogens (tertiary/aromatic N) is 1. The molecule has 0 heterocycles. The van der Waals surface area contributed by atoms with E-state index in [1.165, 1.54) is 11.1 Å². The number of aliphatic imine (C=N–C) groups is 1. The first-order valence-corrected chi connectivity index (χ1v) is 12.4. The van der Waals surface area contributed by atoms with Crippen LogP contribution >= 0.6 is 0 Å². The predicted molar refractivity (Wildman–Crippen MR) is 145 cm³/mol. The van der Waals surface area contributed by atoms with Crippen molar-refractivity contribution >= 4 is 11.7 Å². The second-order valence-corrected chi connectivity index (χ2v) is 8.40. The molecule has 186 valence electrons. The molecule has 1 aliphatic carbocycles. The summed E-state index contributed by atoms with van der Waals surface area (Å²) >= 11 is 0. The number of rotatable bonds is 13. The number of nitrogens with two attached hydrogens (primary N) is 1. The second kappa shape index (κ2) is 15.7. The van der Waals surface area contributed by atoms with E-state index < -0.39 is 0 Å². The zero-order chi connectivity index (χ0) is 25.5. The molecular weight excluding hydrogens is 422 g/mol. The smallest absolute Gasteiger partial charge is 0.255 e. The molecule has 1 aliphatic rings. The molecule has 0 aromatic rings. The highest BCUT2D eigenvalue weighted by molar-refractivity contribution is 6.20. The molecule has 0 saturated carbocycles. The van der Waals surface area contributed by atoms with Crippen molar-refractivity contribution in [2.24, 2.45) is 10.7 Å². The van der Waals surface area contributed by atoms with Crippen molar-refractivity contribution in [2.75, 3.05) is 0 Å². The summed E-state index contributed by atoms with van der Waals surface area (Å²) in [5, 5.41) is 3.22. The van der Waals surface area contributed by atoms with E-state index in [4.69, 9.17) is 10.5 Å². The number of nitrogens with one attached hydrogen (secondary N) is 1. The maximum absolute atomic E-state index is 13.3. The van der Waals surface area contributed by atoms with Crippen molar-refractivity contribution in [3.63, 3.8) is 0 Å². The van der Waals surface area contributed by atoms with E-state index >= 15 is 0 Å². The Hall–Kier alpha value is -3.08. The van der Waals surface area contributed by atoms with Crippen LogP contribution < -0.4 is 11.1 Å². The van der Waals surface area contributed by atoms with Gasteiger partial charge in [0.2, 0.25) is 0 Å². The summed E-state index contributed by atoms with van der Waals surface area (Å²) in [4.78, 5) is 18.0. The van der Waals surface area contributed by atoms with Crippen molar-refractivity contribution < 1.29 is 9.53 Å². The van der Waals surface area contributed by atoms with Gasteiger partial charge in [-0.15, -0.1) is 0 Å². The van der Waals surface area contributed by atoms with Gasteiger partial charge in [0, 0.05) is 0 Å². The third kappa shape index (κ3) is 8.69. The van der Waals surface area contributed by atoms with Crippen LogP contribution in [-0.2, 0) is 9.53 Å². The summed E-state index contributed by atoms with van der Waals surface area (Å²) in [5.41, 5.74) is 11.0. The predicted octanol–water partition coefficient (Wildman–Crippen LogP) is 6.94. The van der Waals surface area contributed by atoms with Crippen molar-refractivity contribution in [1.82, 2.24) is 5.32 Å². The normalized spacial score (nSPS) is 17.6. The van der Waals surface area contributed by atoms with Crippen molar-refractivity contribution in [1.29, 1.82) is 0 Å². The van der Waals surface area contributed by atoms with E-state index in [1.54, 1.807) is 12.3 Å². The van der Waals surface area contributed by atoms with Gasteiger partial charge in [-0.3, -0.25) is 4.79 Å². The van der Waals surface area contributed by atoms with Gasteiger partial charge < -0.3 is 15.8 Å². The van der Waals surface area contributed by atoms with Crippen LogP contribution in [0.25, 0.3) is 0 Å². The fourth-order valence-electron chi connectivity index (χ4n) is 3.87. The number of allylic oxidation sites excluding steroid dienone is 8. The number of hydrogen-bond acceptors (Lipinski definition) is 3. The molecule has 0 aromatic carbocycles. The Morgan fingerprint density at radius 3 is 2.50 bits per heavy atom. The average molecular weight is 466 g/mol. The molecule has 1 rings (SSSR count). The lowest BCUT2D eigenvalue weighted by molar-refractivity contribution is -0.117. The first-order chi connectivity index (χ1) is 16.3. The van der Waals surface area contributed by atoms with Crippen LogP contribution in [0.3, 0.4) is 0 Å². The molecule has 3 N–H and O–H groups in total. The number of hydrogen-bond donors (Lipinski definition) is 2. The molecule has 0 saturated heterocycles. The van der Waals surface area contributed by atoms with Crippen LogP contribution in [0.4, 0.5) is 0 Å². The van der Waals surface area contributed by atoms with Crippen LogP contribution in [-0.4, -0.2) is 17.8 Å². The zero-order valence-corrected chi connectivity index (χ0v) is 21.9. The quantitative estimate of drug-likeness (QED) is 0.102. The molecule has 0 bridgehead atoms. The second-order valence-electron chi connectivity index (χ2n) is 8.40. The monoisotopic (exact) mass is 465 g/mol. The Morgan fingerprint density at radius 2 is 1.94 bits per heavy atom. The molecule has 0 aliphatic heterocycles. The Morgan fingerprint density at radius 1 is 1.24 bits per heavy atom. The Balaban J connectivity index is 3.28. The lowest BCUT2D eigenvalue weighted by atomic mass is 10.0. The number of carbonyl (C=O) groups excluding carboxylic acids is 1. The highest BCUT2D eigenvalue weighted by atomic mass is 16.5. The van der Waals surface area contributed by atoms with Gasteiger partial charge in [0.15, 0.2) is 0 Å². The first kappa shape index (κ1) is 29.0. The van der Waals surface area contributed by atoms with Gasteiger partial charge in [-0.05, 0) is 75.7 Å². The molecule has 1 amide bonds. The van der Waals surface area contributed by atoms with E-state index in [-0.39, 0.29) is 17.8 Å². The van der Waals surface area contributed by atoms with Gasteiger partial charge >= 0.3 is 0 Å². The summed E-state index contributed by atoms with van der Waals surface area (Å²) in [5.74, 6) is 0.619. The van der Waals surface area contributed by atoms with Crippen LogP contribution in [0.5, 0.6) is 0 Å².